The number of benzene rings is 3. The van der Waals surface area contributed by atoms with Crippen LogP contribution in [0.15, 0.2) is 72.8 Å². The fraction of sp³-hybridized carbons (Fsp3) is 0.333. The minimum Gasteiger partial charge on any atom is -0.486 e. The molecule has 0 amide bonds. The number of nitrogens with one attached hydrogen (secondary N) is 1. The molecule has 3 nitrogen and oxygen atoms in total. The maximum Gasteiger partial charge on any atom is 0.573 e. The van der Waals surface area contributed by atoms with Crippen LogP contribution in [0.4, 0.5) is 18.9 Å². The molecule has 176 valence electrons. The van der Waals surface area contributed by atoms with E-state index >= 15 is 0 Å². The monoisotopic (exact) mass is 457 g/mol. The standard InChI is InChI=1S/C27H30F3NO2/c1-26(2,3)33-25-17-14-22(21-12-15-23(16-13-21)32-27(28,29)30)19-24(25)31-18-8-7-11-20-9-5-4-6-10-20/h4-6,9-10,12-17,19,31H,7-8,11,18H2,1-3H3. The number of halogens is 3. The molecule has 0 bridgehead atoms. The Labute approximate surface area is 193 Å². The molecule has 1 N–H and O–H groups in total. The molecule has 6 heteroatoms. The van der Waals surface area contributed by atoms with Crippen molar-refractivity contribution >= 4 is 5.69 Å². The smallest absolute Gasteiger partial charge is 0.486 e. The molecule has 0 saturated heterocycles. The summed E-state index contributed by atoms with van der Waals surface area (Å²) < 4.78 is 47.4. The lowest BCUT2D eigenvalue weighted by Crippen LogP contribution is -2.23. The van der Waals surface area contributed by atoms with Gasteiger partial charge in [0.15, 0.2) is 0 Å². The van der Waals surface area contributed by atoms with Gasteiger partial charge in [-0.2, -0.15) is 0 Å². The van der Waals surface area contributed by atoms with Crippen molar-refractivity contribution in [2.24, 2.45) is 0 Å². The number of alkyl halides is 3. The van der Waals surface area contributed by atoms with E-state index in [1.807, 2.05) is 45.0 Å². The van der Waals surface area contributed by atoms with Gasteiger partial charge in [0.25, 0.3) is 0 Å². The van der Waals surface area contributed by atoms with Crippen LogP contribution in [0.5, 0.6) is 11.5 Å². The first-order valence-electron chi connectivity index (χ1n) is 11.1. The largest absolute Gasteiger partial charge is 0.573 e. The third-order valence-corrected chi connectivity index (χ3v) is 4.87. The Bertz CT molecular complexity index is 1010. The predicted octanol–water partition coefficient (Wildman–Crippen LogP) is 7.86. The molecule has 0 aliphatic heterocycles. The molecule has 0 fully saturated rings. The van der Waals surface area contributed by atoms with Gasteiger partial charge in [-0.05, 0) is 81.0 Å². The van der Waals surface area contributed by atoms with Crippen molar-refractivity contribution in [3.63, 3.8) is 0 Å². The summed E-state index contributed by atoms with van der Waals surface area (Å²) in [5.41, 5.74) is 3.49. The van der Waals surface area contributed by atoms with E-state index in [9.17, 15) is 13.2 Å². The molecule has 3 rings (SSSR count). The summed E-state index contributed by atoms with van der Waals surface area (Å²) >= 11 is 0. The van der Waals surface area contributed by atoms with Crippen LogP contribution in [-0.2, 0) is 6.42 Å². The molecule has 0 unspecified atom stereocenters. The van der Waals surface area contributed by atoms with Crippen molar-refractivity contribution in [1.82, 2.24) is 0 Å². The molecule has 0 saturated carbocycles. The molecule has 3 aromatic rings. The van der Waals surface area contributed by atoms with Crippen LogP contribution in [0, 0.1) is 0 Å². The van der Waals surface area contributed by atoms with Gasteiger partial charge in [0, 0.05) is 6.54 Å². The van der Waals surface area contributed by atoms with Crippen molar-refractivity contribution < 1.29 is 22.6 Å². The minimum atomic E-state index is -4.70. The number of rotatable bonds is 9. The number of hydrogen-bond acceptors (Lipinski definition) is 3. The van der Waals surface area contributed by atoms with Crippen LogP contribution in [0.1, 0.15) is 39.2 Å². The lowest BCUT2D eigenvalue weighted by molar-refractivity contribution is -0.274. The van der Waals surface area contributed by atoms with Gasteiger partial charge in [0.1, 0.15) is 17.1 Å². The van der Waals surface area contributed by atoms with Crippen LogP contribution < -0.4 is 14.8 Å². The van der Waals surface area contributed by atoms with Crippen molar-refractivity contribution in [3.8, 4) is 22.6 Å². The van der Waals surface area contributed by atoms with Gasteiger partial charge in [-0.3, -0.25) is 0 Å². The van der Waals surface area contributed by atoms with Gasteiger partial charge in [-0.15, -0.1) is 13.2 Å². The van der Waals surface area contributed by atoms with Gasteiger partial charge in [-0.25, -0.2) is 0 Å². The molecule has 0 spiro atoms. The van der Waals surface area contributed by atoms with E-state index in [1.54, 1.807) is 12.1 Å². The fourth-order valence-electron chi connectivity index (χ4n) is 3.44. The summed E-state index contributed by atoms with van der Waals surface area (Å²) in [6, 6.07) is 22.0. The van der Waals surface area contributed by atoms with Crippen molar-refractivity contribution in [3.05, 3.63) is 78.4 Å². The minimum absolute atomic E-state index is 0.240. The summed E-state index contributed by atoms with van der Waals surface area (Å²) in [7, 11) is 0. The molecule has 0 aliphatic rings. The highest BCUT2D eigenvalue weighted by Crippen LogP contribution is 2.34. The molecular formula is C27H30F3NO2. The maximum atomic E-state index is 12.4. The Morgan fingerprint density at radius 1 is 0.758 bits per heavy atom. The van der Waals surface area contributed by atoms with E-state index in [0.717, 1.165) is 48.4 Å². The van der Waals surface area contributed by atoms with Crippen molar-refractivity contribution in [2.45, 2.75) is 52.0 Å². The van der Waals surface area contributed by atoms with Crippen LogP contribution in [0.3, 0.4) is 0 Å². The van der Waals surface area contributed by atoms with E-state index in [0.29, 0.717) is 0 Å². The Morgan fingerprint density at radius 2 is 1.42 bits per heavy atom. The van der Waals surface area contributed by atoms with E-state index in [2.05, 4.69) is 34.3 Å². The number of anilines is 1. The molecule has 3 aromatic carbocycles. The second kappa shape index (κ2) is 10.6. The van der Waals surface area contributed by atoms with Crippen molar-refractivity contribution in [1.29, 1.82) is 0 Å². The van der Waals surface area contributed by atoms with E-state index in [4.69, 9.17) is 4.74 Å². The normalized spacial score (nSPS) is 11.8. The highest BCUT2D eigenvalue weighted by Gasteiger charge is 2.31. The zero-order valence-corrected chi connectivity index (χ0v) is 19.2. The van der Waals surface area contributed by atoms with Gasteiger partial charge in [0.05, 0.1) is 5.69 Å². The summed E-state index contributed by atoms with van der Waals surface area (Å²) in [6.45, 7) is 6.76. The molecule has 0 heterocycles. The summed E-state index contributed by atoms with van der Waals surface area (Å²) in [5.74, 6) is 0.502. The Balaban J connectivity index is 1.69. The van der Waals surface area contributed by atoms with Crippen molar-refractivity contribution in [2.75, 3.05) is 11.9 Å². The summed E-state index contributed by atoms with van der Waals surface area (Å²) in [5, 5.41) is 3.48. The fourth-order valence-corrected chi connectivity index (χ4v) is 3.44. The molecule has 0 atom stereocenters. The topological polar surface area (TPSA) is 30.5 Å². The SMILES string of the molecule is CC(C)(C)Oc1ccc(-c2ccc(OC(F)(F)F)cc2)cc1NCCCCc1ccccc1. The second-order valence-electron chi connectivity index (χ2n) is 8.87. The second-order valence-corrected chi connectivity index (χ2v) is 8.87. The van der Waals surface area contributed by atoms with Gasteiger partial charge >= 0.3 is 6.36 Å². The first kappa shape index (κ1) is 24.5. The van der Waals surface area contributed by atoms with E-state index in [-0.39, 0.29) is 11.4 Å². The Morgan fingerprint density at radius 3 is 2.06 bits per heavy atom. The third-order valence-electron chi connectivity index (χ3n) is 4.87. The van der Waals surface area contributed by atoms with Gasteiger partial charge < -0.3 is 14.8 Å². The van der Waals surface area contributed by atoms with E-state index in [1.165, 1.54) is 17.7 Å². The number of hydrogen-bond donors (Lipinski definition) is 1. The Hall–Kier alpha value is -3.15. The number of aryl methyl sites for hydroxylation is 1. The highest BCUT2D eigenvalue weighted by molar-refractivity contribution is 5.72. The predicted molar refractivity (Wildman–Crippen MR) is 127 cm³/mol. The molecule has 33 heavy (non-hydrogen) atoms. The number of unbranched alkanes of at least 4 members (excludes halogenated alkanes) is 1. The zero-order chi connectivity index (χ0) is 23.9. The first-order valence-corrected chi connectivity index (χ1v) is 11.1. The van der Waals surface area contributed by atoms with Gasteiger partial charge in [0.2, 0.25) is 0 Å². The number of ether oxygens (including phenoxy) is 2. The first-order chi connectivity index (χ1) is 15.6. The Kier molecular flexibility index (Phi) is 7.90. The highest BCUT2D eigenvalue weighted by atomic mass is 19.4. The van der Waals surface area contributed by atoms with Crippen LogP contribution in [0.25, 0.3) is 11.1 Å². The maximum absolute atomic E-state index is 12.4. The quantitative estimate of drug-likeness (QED) is 0.332. The van der Waals surface area contributed by atoms with E-state index < -0.39 is 6.36 Å². The lowest BCUT2D eigenvalue weighted by Gasteiger charge is -2.24. The van der Waals surface area contributed by atoms with Crippen LogP contribution in [0.2, 0.25) is 0 Å². The molecule has 0 radical (unpaired) electrons. The van der Waals surface area contributed by atoms with Gasteiger partial charge in [-0.1, -0.05) is 48.5 Å². The average Bonchev–Trinajstić information content (AvgIpc) is 2.74. The average molecular weight is 458 g/mol. The summed E-state index contributed by atoms with van der Waals surface area (Å²) in [4.78, 5) is 0. The van der Waals surface area contributed by atoms with Crippen LogP contribution in [-0.4, -0.2) is 18.5 Å². The summed E-state index contributed by atoms with van der Waals surface area (Å²) in [6.07, 6.45) is -1.62. The molecular weight excluding hydrogens is 427 g/mol. The molecule has 0 aliphatic carbocycles. The third kappa shape index (κ3) is 8.37. The van der Waals surface area contributed by atoms with Crippen LogP contribution >= 0.6 is 0 Å². The zero-order valence-electron chi connectivity index (χ0n) is 19.2. The molecule has 0 aromatic heterocycles. The lowest BCUT2D eigenvalue weighted by atomic mass is 10.0.